The molecular weight excluding hydrogens is 242 g/mol. The molecule has 5 heteroatoms. The molecule has 0 unspecified atom stereocenters. The molecule has 2 aromatic rings. The van der Waals surface area contributed by atoms with E-state index in [1.807, 2.05) is 22.8 Å². The zero-order chi connectivity index (χ0) is 13.8. The number of benzene rings is 1. The lowest BCUT2D eigenvalue weighted by Crippen LogP contribution is -2.04. The first-order valence-electron chi connectivity index (χ1n) is 5.75. The van der Waals surface area contributed by atoms with Crippen LogP contribution in [0.1, 0.15) is 11.1 Å². The summed E-state index contributed by atoms with van der Waals surface area (Å²) in [6, 6.07) is 9.43. The lowest BCUT2D eigenvalue weighted by atomic mass is 10.2. The van der Waals surface area contributed by atoms with Gasteiger partial charge in [0.2, 0.25) is 0 Å². The summed E-state index contributed by atoms with van der Waals surface area (Å²) in [5, 5.41) is 8.87. The predicted octanol–water partition coefficient (Wildman–Crippen LogP) is 2.01. The minimum Gasteiger partial charge on any atom is -0.493 e. The van der Waals surface area contributed by atoms with Gasteiger partial charge in [-0.15, -0.1) is 0 Å². The fourth-order valence-electron chi connectivity index (χ4n) is 1.89. The minimum absolute atomic E-state index is 0.470. The van der Waals surface area contributed by atoms with Crippen molar-refractivity contribution in [3.63, 3.8) is 0 Å². The van der Waals surface area contributed by atoms with Crippen LogP contribution < -0.4 is 15.2 Å². The molecule has 0 saturated heterocycles. The molecule has 0 atom stereocenters. The molecule has 0 aliphatic rings. The van der Waals surface area contributed by atoms with Gasteiger partial charge in [-0.2, -0.15) is 5.26 Å². The van der Waals surface area contributed by atoms with Gasteiger partial charge in [0.1, 0.15) is 11.9 Å². The number of nitrogens with two attached hydrogens (primary N) is 1. The Morgan fingerprint density at radius 3 is 2.53 bits per heavy atom. The molecule has 1 heterocycles. The highest BCUT2D eigenvalue weighted by atomic mass is 16.5. The maximum absolute atomic E-state index is 8.87. The van der Waals surface area contributed by atoms with Crippen molar-refractivity contribution in [3.05, 3.63) is 41.6 Å². The third-order valence-electron chi connectivity index (χ3n) is 2.93. The highest BCUT2D eigenvalue weighted by Gasteiger charge is 2.08. The summed E-state index contributed by atoms with van der Waals surface area (Å²) in [5.41, 5.74) is 7.38. The number of hydrogen-bond acceptors (Lipinski definition) is 4. The largest absolute Gasteiger partial charge is 0.493 e. The molecule has 0 fully saturated rings. The first-order valence-corrected chi connectivity index (χ1v) is 5.75. The van der Waals surface area contributed by atoms with Gasteiger partial charge >= 0.3 is 0 Å². The summed E-state index contributed by atoms with van der Waals surface area (Å²) in [4.78, 5) is 0. The Balaban J connectivity index is 2.28. The number of nitrogens with zero attached hydrogens (tertiary/aromatic N) is 2. The predicted molar refractivity (Wildman–Crippen MR) is 72.2 cm³/mol. The van der Waals surface area contributed by atoms with E-state index in [9.17, 15) is 0 Å². The molecule has 19 heavy (non-hydrogen) atoms. The van der Waals surface area contributed by atoms with E-state index in [1.165, 1.54) is 0 Å². The summed E-state index contributed by atoms with van der Waals surface area (Å²) >= 11 is 0. The van der Waals surface area contributed by atoms with E-state index in [0.717, 1.165) is 5.56 Å². The highest BCUT2D eigenvalue weighted by molar-refractivity contribution is 5.50. The molecular formula is C14H15N3O2. The molecule has 98 valence electrons. The molecule has 2 rings (SSSR count). The third-order valence-corrected chi connectivity index (χ3v) is 2.93. The van der Waals surface area contributed by atoms with Crippen molar-refractivity contribution in [2.75, 3.05) is 20.0 Å². The zero-order valence-electron chi connectivity index (χ0n) is 10.9. The van der Waals surface area contributed by atoms with Gasteiger partial charge in [0.05, 0.1) is 19.8 Å². The van der Waals surface area contributed by atoms with Gasteiger partial charge in [-0.1, -0.05) is 6.07 Å². The zero-order valence-corrected chi connectivity index (χ0v) is 10.9. The summed E-state index contributed by atoms with van der Waals surface area (Å²) < 4.78 is 12.3. The van der Waals surface area contributed by atoms with Crippen LogP contribution >= 0.6 is 0 Å². The van der Waals surface area contributed by atoms with Gasteiger partial charge in [0.15, 0.2) is 11.5 Å². The molecule has 0 radical (unpaired) electrons. The van der Waals surface area contributed by atoms with Crippen molar-refractivity contribution in [1.29, 1.82) is 5.26 Å². The van der Waals surface area contributed by atoms with Crippen molar-refractivity contribution in [1.82, 2.24) is 4.57 Å². The number of nitrogen functional groups attached to an aromatic ring is 1. The Morgan fingerprint density at radius 2 is 1.95 bits per heavy atom. The molecule has 0 amide bonds. The van der Waals surface area contributed by atoms with Crippen LogP contribution in [0.5, 0.6) is 11.5 Å². The SMILES string of the molecule is COc1ccc(Cn2ccc(C#N)c2N)cc1OC. The first-order chi connectivity index (χ1) is 9.19. The number of anilines is 1. The van der Waals surface area contributed by atoms with Gasteiger partial charge in [0.25, 0.3) is 0 Å². The number of rotatable bonds is 4. The van der Waals surface area contributed by atoms with Crippen molar-refractivity contribution < 1.29 is 9.47 Å². The topological polar surface area (TPSA) is 73.2 Å². The third kappa shape index (κ3) is 2.47. The Bertz CT molecular complexity index is 626. The average Bonchev–Trinajstić information content (AvgIpc) is 2.79. The van der Waals surface area contributed by atoms with Gasteiger partial charge in [-0.25, -0.2) is 0 Å². The molecule has 0 aliphatic carbocycles. The highest BCUT2D eigenvalue weighted by Crippen LogP contribution is 2.28. The van der Waals surface area contributed by atoms with Gasteiger partial charge in [0, 0.05) is 12.7 Å². The molecule has 2 N–H and O–H groups in total. The minimum atomic E-state index is 0.470. The maximum Gasteiger partial charge on any atom is 0.161 e. The Kier molecular flexibility index (Phi) is 3.62. The second-order valence-corrected chi connectivity index (χ2v) is 4.04. The normalized spacial score (nSPS) is 9.95. The number of aromatic nitrogens is 1. The van der Waals surface area contributed by atoms with Gasteiger partial charge in [-0.05, 0) is 23.8 Å². The standard InChI is InChI=1S/C14H15N3O2/c1-18-12-4-3-10(7-13(12)19-2)9-17-6-5-11(8-15)14(17)16/h3-7H,9,16H2,1-2H3. The van der Waals surface area contributed by atoms with Crippen LogP contribution in [0.15, 0.2) is 30.5 Å². The van der Waals surface area contributed by atoms with E-state index in [4.69, 9.17) is 20.5 Å². The van der Waals surface area contributed by atoms with Crippen molar-refractivity contribution in [2.45, 2.75) is 6.54 Å². The number of hydrogen-bond donors (Lipinski definition) is 1. The van der Waals surface area contributed by atoms with Crippen LogP contribution in [-0.4, -0.2) is 18.8 Å². The van der Waals surface area contributed by atoms with Crippen LogP contribution in [-0.2, 0) is 6.54 Å². The quantitative estimate of drug-likeness (QED) is 0.909. The number of ether oxygens (including phenoxy) is 2. The lowest BCUT2D eigenvalue weighted by molar-refractivity contribution is 0.354. The molecule has 0 aliphatic heterocycles. The molecule has 5 nitrogen and oxygen atoms in total. The average molecular weight is 257 g/mol. The Labute approximate surface area is 111 Å². The monoisotopic (exact) mass is 257 g/mol. The van der Waals surface area contributed by atoms with E-state index in [0.29, 0.717) is 29.4 Å². The van der Waals surface area contributed by atoms with E-state index < -0.39 is 0 Å². The molecule has 1 aromatic heterocycles. The van der Waals surface area contributed by atoms with Gasteiger partial charge < -0.3 is 19.8 Å². The van der Waals surface area contributed by atoms with E-state index in [1.54, 1.807) is 26.5 Å². The maximum atomic E-state index is 8.87. The van der Waals surface area contributed by atoms with Crippen LogP contribution in [0.3, 0.4) is 0 Å². The van der Waals surface area contributed by atoms with Crippen LogP contribution in [0.25, 0.3) is 0 Å². The second kappa shape index (κ2) is 5.36. The van der Waals surface area contributed by atoms with Crippen LogP contribution in [0.2, 0.25) is 0 Å². The molecule has 0 saturated carbocycles. The Hall–Kier alpha value is -2.61. The van der Waals surface area contributed by atoms with Crippen molar-refractivity contribution in [2.24, 2.45) is 0 Å². The first kappa shape index (κ1) is 12.8. The number of methoxy groups -OCH3 is 2. The van der Waals surface area contributed by atoms with Crippen LogP contribution in [0.4, 0.5) is 5.82 Å². The van der Waals surface area contributed by atoms with E-state index in [2.05, 4.69) is 6.07 Å². The van der Waals surface area contributed by atoms with E-state index >= 15 is 0 Å². The molecule has 0 spiro atoms. The van der Waals surface area contributed by atoms with E-state index in [-0.39, 0.29) is 0 Å². The fourth-order valence-corrected chi connectivity index (χ4v) is 1.89. The van der Waals surface area contributed by atoms with Crippen molar-refractivity contribution >= 4 is 5.82 Å². The Morgan fingerprint density at radius 1 is 1.21 bits per heavy atom. The summed E-state index contributed by atoms with van der Waals surface area (Å²) in [7, 11) is 3.19. The molecule has 0 bridgehead atoms. The van der Waals surface area contributed by atoms with Gasteiger partial charge in [-0.3, -0.25) is 0 Å². The van der Waals surface area contributed by atoms with Crippen LogP contribution in [0, 0.1) is 11.3 Å². The molecule has 1 aromatic carbocycles. The lowest BCUT2D eigenvalue weighted by Gasteiger charge is -2.11. The summed E-state index contributed by atoms with van der Waals surface area (Å²) in [6.45, 7) is 0.577. The summed E-state index contributed by atoms with van der Waals surface area (Å²) in [6.07, 6.45) is 1.80. The fraction of sp³-hybridized carbons (Fsp3) is 0.214. The van der Waals surface area contributed by atoms with Crippen molar-refractivity contribution in [3.8, 4) is 17.6 Å². The summed E-state index contributed by atoms with van der Waals surface area (Å²) in [5.74, 6) is 1.83. The smallest absolute Gasteiger partial charge is 0.161 e. The second-order valence-electron chi connectivity index (χ2n) is 4.04. The number of nitriles is 1.